The first-order chi connectivity index (χ1) is 7.70. The number of aldehydes is 1. The van der Waals surface area contributed by atoms with Crippen LogP contribution in [0.25, 0.3) is 10.9 Å². The molecule has 84 valence electrons. The van der Waals surface area contributed by atoms with E-state index < -0.39 is 0 Å². The van der Waals surface area contributed by atoms with E-state index in [0.29, 0.717) is 6.61 Å². The van der Waals surface area contributed by atoms with Gasteiger partial charge in [-0.15, -0.1) is 0 Å². The molecule has 0 bridgehead atoms. The summed E-state index contributed by atoms with van der Waals surface area (Å²) in [5, 5.41) is 0.959. The van der Waals surface area contributed by atoms with Crippen LogP contribution in [0.15, 0.2) is 18.2 Å². The zero-order valence-corrected chi connectivity index (χ0v) is 9.78. The average Bonchev–Trinajstić information content (AvgIpc) is 2.53. The number of nitrogens with zero attached hydrogens (tertiary/aromatic N) is 1. The van der Waals surface area contributed by atoms with E-state index in [0.717, 1.165) is 34.2 Å². The molecule has 3 nitrogen and oxygen atoms in total. The van der Waals surface area contributed by atoms with E-state index in [9.17, 15) is 4.79 Å². The average molecular weight is 217 g/mol. The van der Waals surface area contributed by atoms with Crippen LogP contribution in [0.1, 0.15) is 23.0 Å². The summed E-state index contributed by atoms with van der Waals surface area (Å²) in [5.41, 5.74) is 2.71. The first-order valence-corrected chi connectivity index (χ1v) is 5.36. The lowest BCUT2D eigenvalue weighted by molar-refractivity contribution is 0.112. The summed E-state index contributed by atoms with van der Waals surface area (Å²) in [7, 11) is 1.95. The van der Waals surface area contributed by atoms with E-state index in [2.05, 4.69) is 0 Å². The van der Waals surface area contributed by atoms with Gasteiger partial charge in [0.05, 0.1) is 12.1 Å². The van der Waals surface area contributed by atoms with Crippen molar-refractivity contribution in [3.8, 4) is 5.75 Å². The molecule has 0 aliphatic carbocycles. The molecule has 3 heteroatoms. The van der Waals surface area contributed by atoms with Crippen molar-refractivity contribution in [1.29, 1.82) is 0 Å². The molecular weight excluding hydrogens is 202 g/mol. The monoisotopic (exact) mass is 217 g/mol. The van der Waals surface area contributed by atoms with Gasteiger partial charge in [-0.05, 0) is 19.9 Å². The molecule has 0 aliphatic heterocycles. The van der Waals surface area contributed by atoms with Gasteiger partial charge in [0, 0.05) is 23.7 Å². The van der Waals surface area contributed by atoms with E-state index in [1.54, 1.807) is 0 Å². The Morgan fingerprint density at radius 1 is 1.44 bits per heavy atom. The number of fused-ring (bicyclic) bond motifs is 1. The minimum atomic E-state index is 0.625. The normalized spacial score (nSPS) is 10.7. The molecule has 0 fully saturated rings. The fourth-order valence-corrected chi connectivity index (χ4v) is 2.05. The number of carbonyl (C=O) groups excluding carboxylic acids is 1. The Labute approximate surface area is 94.6 Å². The van der Waals surface area contributed by atoms with Gasteiger partial charge in [-0.25, -0.2) is 0 Å². The van der Waals surface area contributed by atoms with Crippen LogP contribution in [-0.2, 0) is 7.05 Å². The smallest absolute Gasteiger partial charge is 0.152 e. The van der Waals surface area contributed by atoms with Crippen LogP contribution in [0.5, 0.6) is 5.75 Å². The van der Waals surface area contributed by atoms with Crippen LogP contribution < -0.4 is 4.74 Å². The highest BCUT2D eigenvalue weighted by atomic mass is 16.5. The second-order valence-electron chi connectivity index (χ2n) is 3.76. The van der Waals surface area contributed by atoms with E-state index in [4.69, 9.17) is 4.74 Å². The molecule has 0 radical (unpaired) electrons. The maximum absolute atomic E-state index is 11.1. The molecule has 1 aromatic heterocycles. The molecule has 2 aromatic rings. The minimum absolute atomic E-state index is 0.625. The molecule has 0 amide bonds. The molecule has 0 spiro atoms. The standard InChI is InChI=1S/C13H15NO2/c1-4-16-12-7-5-6-10-11(8-15)9(2)14(3)13(10)12/h5-8H,4H2,1-3H3. The lowest BCUT2D eigenvalue weighted by Gasteiger charge is -2.06. The summed E-state index contributed by atoms with van der Waals surface area (Å²) in [6.45, 7) is 4.52. The summed E-state index contributed by atoms with van der Waals surface area (Å²) in [4.78, 5) is 11.1. The van der Waals surface area contributed by atoms with Gasteiger partial charge in [-0.2, -0.15) is 0 Å². The fourth-order valence-electron chi connectivity index (χ4n) is 2.05. The van der Waals surface area contributed by atoms with E-state index in [-0.39, 0.29) is 0 Å². The van der Waals surface area contributed by atoms with Crippen molar-refractivity contribution in [3.05, 3.63) is 29.5 Å². The predicted octanol–water partition coefficient (Wildman–Crippen LogP) is 2.70. The van der Waals surface area contributed by atoms with Crippen molar-refractivity contribution in [2.45, 2.75) is 13.8 Å². The Morgan fingerprint density at radius 2 is 2.19 bits per heavy atom. The first kappa shape index (κ1) is 10.7. The number of ether oxygens (including phenoxy) is 1. The molecule has 1 aromatic carbocycles. The highest BCUT2D eigenvalue weighted by Crippen LogP contribution is 2.31. The molecule has 0 atom stereocenters. The van der Waals surface area contributed by atoms with Crippen molar-refractivity contribution in [2.75, 3.05) is 6.61 Å². The number of carbonyl (C=O) groups is 1. The molecule has 0 N–H and O–H groups in total. The Morgan fingerprint density at radius 3 is 2.81 bits per heavy atom. The predicted molar refractivity (Wildman–Crippen MR) is 64.2 cm³/mol. The SMILES string of the molecule is CCOc1cccc2c(C=O)c(C)n(C)c12. The maximum Gasteiger partial charge on any atom is 0.152 e. The second kappa shape index (κ2) is 4.00. The van der Waals surface area contributed by atoms with Crippen molar-refractivity contribution >= 4 is 17.2 Å². The Kier molecular flexibility index (Phi) is 2.69. The minimum Gasteiger partial charge on any atom is -0.492 e. The van der Waals surface area contributed by atoms with Gasteiger partial charge in [0.15, 0.2) is 6.29 Å². The van der Waals surface area contributed by atoms with Gasteiger partial charge in [0.1, 0.15) is 5.75 Å². The van der Waals surface area contributed by atoms with Crippen molar-refractivity contribution in [2.24, 2.45) is 7.05 Å². The summed E-state index contributed by atoms with van der Waals surface area (Å²) in [5.74, 6) is 0.832. The lowest BCUT2D eigenvalue weighted by Crippen LogP contribution is -1.96. The zero-order chi connectivity index (χ0) is 11.7. The number of rotatable bonds is 3. The molecule has 0 aliphatic rings. The van der Waals surface area contributed by atoms with Crippen LogP contribution in [0.3, 0.4) is 0 Å². The summed E-state index contributed by atoms with van der Waals surface area (Å²) in [6.07, 6.45) is 0.910. The van der Waals surface area contributed by atoms with Gasteiger partial charge >= 0.3 is 0 Å². The Balaban J connectivity index is 2.82. The highest BCUT2D eigenvalue weighted by Gasteiger charge is 2.14. The number of hydrogen-bond donors (Lipinski definition) is 0. The van der Waals surface area contributed by atoms with Crippen molar-refractivity contribution in [1.82, 2.24) is 4.57 Å². The topological polar surface area (TPSA) is 31.2 Å². The van der Waals surface area contributed by atoms with E-state index >= 15 is 0 Å². The fraction of sp³-hybridized carbons (Fsp3) is 0.308. The highest BCUT2D eigenvalue weighted by molar-refractivity contribution is 6.01. The third-order valence-corrected chi connectivity index (χ3v) is 2.94. The van der Waals surface area contributed by atoms with Crippen molar-refractivity contribution < 1.29 is 9.53 Å². The molecule has 0 saturated carbocycles. The number of hydrogen-bond acceptors (Lipinski definition) is 2. The Hall–Kier alpha value is -1.77. The third-order valence-electron chi connectivity index (χ3n) is 2.94. The van der Waals surface area contributed by atoms with Gasteiger partial charge in [-0.1, -0.05) is 12.1 Å². The molecular formula is C13H15NO2. The zero-order valence-electron chi connectivity index (χ0n) is 9.78. The first-order valence-electron chi connectivity index (χ1n) is 5.36. The molecule has 2 rings (SSSR count). The van der Waals surface area contributed by atoms with Gasteiger partial charge in [0.25, 0.3) is 0 Å². The molecule has 16 heavy (non-hydrogen) atoms. The second-order valence-corrected chi connectivity index (χ2v) is 3.76. The van der Waals surface area contributed by atoms with E-state index in [1.165, 1.54) is 0 Å². The maximum atomic E-state index is 11.1. The van der Waals surface area contributed by atoms with Crippen molar-refractivity contribution in [3.63, 3.8) is 0 Å². The largest absolute Gasteiger partial charge is 0.492 e. The quantitative estimate of drug-likeness (QED) is 0.740. The molecule has 0 unspecified atom stereocenters. The van der Waals surface area contributed by atoms with Gasteiger partial charge in [0.2, 0.25) is 0 Å². The molecule has 1 heterocycles. The van der Waals surface area contributed by atoms with Crippen LogP contribution in [0, 0.1) is 6.92 Å². The van der Waals surface area contributed by atoms with Crippen LogP contribution in [0.4, 0.5) is 0 Å². The van der Waals surface area contributed by atoms with Gasteiger partial charge in [-0.3, -0.25) is 4.79 Å². The third kappa shape index (κ3) is 1.40. The van der Waals surface area contributed by atoms with Gasteiger partial charge < -0.3 is 9.30 Å². The number of aromatic nitrogens is 1. The number of para-hydroxylation sites is 1. The number of benzene rings is 1. The summed E-state index contributed by atoms with van der Waals surface area (Å²) < 4.78 is 7.58. The van der Waals surface area contributed by atoms with Crippen LogP contribution in [0.2, 0.25) is 0 Å². The Bertz CT molecular complexity index is 540. The summed E-state index contributed by atoms with van der Waals surface area (Å²) >= 11 is 0. The molecule has 0 saturated heterocycles. The van der Waals surface area contributed by atoms with Crippen LogP contribution >= 0.6 is 0 Å². The van der Waals surface area contributed by atoms with Crippen LogP contribution in [-0.4, -0.2) is 17.5 Å². The number of aryl methyl sites for hydroxylation is 1. The summed E-state index contributed by atoms with van der Waals surface area (Å²) in [6, 6.07) is 5.80. The lowest BCUT2D eigenvalue weighted by atomic mass is 10.1. The van der Waals surface area contributed by atoms with E-state index in [1.807, 2.05) is 43.7 Å².